The fraction of sp³-hybridized carbons (Fsp3) is 0.296. The van der Waals surface area contributed by atoms with E-state index in [1.54, 1.807) is 4.90 Å². The van der Waals surface area contributed by atoms with Crippen molar-refractivity contribution in [2.24, 2.45) is 5.73 Å². The quantitative estimate of drug-likeness (QED) is 0.388. The predicted molar refractivity (Wildman–Crippen MR) is 139 cm³/mol. The Balaban J connectivity index is 1.88. The number of benzene rings is 2. The van der Waals surface area contributed by atoms with Gasteiger partial charge in [0.15, 0.2) is 0 Å². The van der Waals surface area contributed by atoms with Gasteiger partial charge in [0.2, 0.25) is 5.56 Å². The van der Waals surface area contributed by atoms with E-state index in [-0.39, 0.29) is 23.5 Å². The van der Waals surface area contributed by atoms with Crippen molar-refractivity contribution in [3.63, 3.8) is 0 Å². The number of carbonyl (C=O) groups excluding carboxylic acids is 2. The third-order valence-corrected chi connectivity index (χ3v) is 7.08. The number of hydrogen-bond donors (Lipinski definition) is 3. The molecule has 8 nitrogen and oxygen atoms in total. The van der Waals surface area contributed by atoms with Crippen molar-refractivity contribution in [2.75, 3.05) is 30.4 Å². The molecule has 1 saturated heterocycles. The smallest absolute Gasteiger partial charge is 0.264 e. The van der Waals surface area contributed by atoms with Crippen LogP contribution in [0.2, 0.25) is 0 Å². The minimum absolute atomic E-state index is 0.00680. The summed E-state index contributed by atoms with van der Waals surface area (Å²) in [6.07, 6.45) is -2.31. The standard InChI is InChI=1S/C27H26F5N5O3/c1-12-10-37(11-13(2)36(12)3)23-8-21(30)15(14-4-17(26(33)39)20(29)7-19(14)28)5-22(23)35-27(40)18-9-34-24(38)6-16(18)25(31)32/h4-9,12-13,25H,10-11H2,1-3H3,(H2,33,39)(H,34,38)(H,35,40)/t12-,13+. The Hall–Kier alpha value is -4.26. The number of primary amides is 1. The Morgan fingerprint density at radius 3 is 2.15 bits per heavy atom. The van der Waals surface area contributed by atoms with E-state index in [4.69, 9.17) is 5.73 Å². The SMILES string of the molecule is C[C@@H]1CN(c2cc(F)c(-c3cc(C(N)=O)c(F)cc3F)cc2NC(=O)c2c[nH]c(=O)cc2C(F)F)C[C@H](C)N1C. The zero-order valence-corrected chi connectivity index (χ0v) is 21.7. The van der Waals surface area contributed by atoms with Crippen LogP contribution >= 0.6 is 0 Å². The monoisotopic (exact) mass is 563 g/mol. The van der Waals surface area contributed by atoms with Crippen molar-refractivity contribution in [3.05, 3.63) is 81.0 Å². The van der Waals surface area contributed by atoms with Gasteiger partial charge in [-0.2, -0.15) is 0 Å². The van der Waals surface area contributed by atoms with Crippen LogP contribution in [-0.2, 0) is 0 Å². The van der Waals surface area contributed by atoms with Crippen LogP contribution in [0.1, 0.15) is 46.6 Å². The highest BCUT2D eigenvalue weighted by molar-refractivity contribution is 6.07. The molecule has 2 aromatic carbocycles. The third kappa shape index (κ3) is 5.55. The maximum absolute atomic E-state index is 15.6. The van der Waals surface area contributed by atoms with Crippen molar-refractivity contribution >= 4 is 23.2 Å². The van der Waals surface area contributed by atoms with Crippen molar-refractivity contribution in [2.45, 2.75) is 32.4 Å². The summed E-state index contributed by atoms with van der Waals surface area (Å²) in [5.41, 5.74) is 1.47. The topological polar surface area (TPSA) is 112 Å². The molecule has 1 aromatic heterocycles. The average Bonchev–Trinajstić information content (AvgIpc) is 2.87. The number of hydrogen-bond acceptors (Lipinski definition) is 5. The number of halogens is 5. The summed E-state index contributed by atoms with van der Waals surface area (Å²) < 4.78 is 71.7. The number of rotatable bonds is 6. The summed E-state index contributed by atoms with van der Waals surface area (Å²) in [4.78, 5) is 42.5. The van der Waals surface area contributed by atoms with Crippen molar-refractivity contribution in [1.82, 2.24) is 9.88 Å². The summed E-state index contributed by atoms with van der Waals surface area (Å²) in [6.45, 7) is 4.70. The van der Waals surface area contributed by atoms with E-state index in [1.807, 2.05) is 20.9 Å². The first-order chi connectivity index (χ1) is 18.8. The average molecular weight is 564 g/mol. The second kappa shape index (κ2) is 11.1. The fourth-order valence-electron chi connectivity index (χ4n) is 4.73. The number of amides is 2. The second-order valence-electron chi connectivity index (χ2n) is 9.71. The molecule has 4 N–H and O–H groups in total. The van der Waals surface area contributed by atoms with Gasteiger partial charge in [-0.3, -0.25) is 19.3 Å². The summed E-state index contributed by atoms with van der Waals surface area (Å²) in [5, 5.41) is 2.48. The van der Waals surface area contributed by atoms with Crippen LogP contribution in [0.4, 0.5) is 33.3 Å². The van der Waals surface area contributed by atoms with Crippen LogP contribution in [0.5, 0.6) is 0 Å². The molecule has 0 saturated carbocycles. The van der Waals surface area contributed by atoms with Gasteiger partial charge >= 0.3 is 0 Å². The lowest BCUT2D eigenvalue weighted by Crippen LogP contribution is -2.55. The highest BCUT2D eigenvalue weighted by Gasteiger charge is 2.30. The predicted octanol–water partition coefficient (Wildman–Crippen LogP) is 4.28. The highest BCUT2D eigenvalue weighted by Crippen LogP contribution is 2.38. The van der Waals surface area contributed by atoms with Gasteiger partial charge in [0, 0.05) is 60.2 Å². The normalized spacial score (nSPS) is 17.8. The Bertz CT molecular complexity index is 1530. The molecule has 13 heteroatoms. The van der Waals surface area contributed by atoms with Gasteiger partial charge in [0.05, 0.1) is 22.5 Å². The van der Waals surface area contributed by atoms with Gasteiger partial charge in [-0.15, -0.1) is 0 Å². The number of carbonyl (C=O) groups is 2. The molecule has 2 heterocycles. The Morgan fingerprint density at radius 2 is 1.55 bits per heavy atom. The van der Waals surface area contributed by atoms with Crippen LogP contribution in [0.25, 0.3) is 11.1 Å². The number of nitrogens with zero attached hydrogens (tertiary/aromatic N) is 2. The van der Waals surface area contributed by atoms with E-state index >= 15 is 4.39 Å². The maximum atomic E-state index is 15.6. The van der Waals surface area contributed by atoms with E-state index in [2.05, 4.69) is 15.2 Å². The molecule has 2 amide bonds. The zero-order chi connectivity index (χ0) is 29.5. The van der Waals surface area contributed by atoms with Crippen LogP contribution < -0.4 is 21.5 Å². The number of aromatic nitrogens is 1. The molecular weight excluding hydrogens is 537 g/mol. The lowest BCUT2D eigenvalue weighted by molar-refractivity contribution is 0.0992. The molecule has 2 atom stereocenters. The lowest BCUT2D eigenvalue weighted by Gasteiger charge is -2.44. The molecule has 4 rings (SSSR count). The molecule has 1 aliphatic heterocycles. The molecule has 3 aromatic rings. The van der Waals surface area contributed by atoms with Crippen molar-refractivity contribution < 1.29 is 31.5 Å². The first-order valence-electron chi connectivity index (χ1n) is 12.2. The Morgan fingerprint density at radius 1 is 0.950 bits per heavy atom. The van der Waals surface area contributed by atoms with Gasteiger partial charge in [0.25, 0.3) is 18.2 Å². The number of alkyl halides is 2. The molecule has 1 aliphatic rings. The van der Waals surface area contributed by atoms with E-state index in [1.165, 1.54) is 0 Å². The number of H-pyrrole nitrogens is 1. The van der Waals surface area contributed by atoms with E-state index in [9.17, 15) is 31.9 Å². The van der Waals surface area contributed by atoms with Crippen LogP contribution in [0.15, 0.2) is 41.3 Å². The molecule has 0 unspecified atom stereocenters. The number of nitrogens with one attached hydrogen (secondary N) is 2. The van der Waals surface area contributed by atoms with Crippen LogP contribution in [0.3, 0.4) is 0 Å². The number of anilines is 2. The molecule has 0 spiro atoms. The first-order valence-corrected chi connectivity index (χ1v) is 12.2. The van der Waals surface area contributed by atoms with Gasteiger partial charge in [-0.05, 0) is 39.1 Å². The van der Waals surface area contributed by atoms with E-state index < -0.39 is 69.1 Å². The maximum Gasteiger partial charge on any atom is 0.264 e. The molecule has 212 valence electrons. The molecule has 1 fully saturated rings. The third-order valence-electron chi connectivity index (χ3n) is 7.08. The number of nitrogens with two attached hydrogens (primary N) is 1. The minimum atomic E-state index is -3.15. The number of pyridine rings is 1. The number of piperazine rings is 1. The van der Waals surface area contributed by atoms with Crippen LogP contribution in [0, 0.1) is 17.5 Å². The minimum Gasteiger partial charge on any atom is -0.367 e. The summed E-state index contributed by atoms with van der Waals surface area (Å²) >= 11 is 0. The fourth-order valence-corrected chi connectivity index (χ4v) is 4.73. The molecule has 0 aliphatic carbocycles. The largest absolute Gasteiger partial charge is 0.367 e. The van der Waals surface area contributed by atoms with Crippen molar-refractivity contribution in [3.8, 4) is 11.1 Å². The van der Waals surface area contributed by atoms with Gasteiger partial charge in [-0.25, -0.2) is 22.0 Å². The molecule has 0 bridgehead atoms. The van der Waals surface area contributed by atoms with Gasteiger partial charge in [-0.1, -0.05) is 0 Å². The Labute approximate surface area is 225 Å². The number of aromatic amines is 1. The zero-order valence-electron chi connectivity index (χ0n) is 21.7. The highest BCUT2D eigenvalue weighted by atomic mass is 19.3. The second-order valence-corrected chi connectivity index (χ2v) is 9.71. The molecule has 0 radical (unpaired) electrons. The summed E-state index contributed by atoms with van der Waals surface area (Å²) in [5.74, 6) is -5.64. The summed E-state index contributed by atoms with van der Waals surface area (Å²) in [6, 6.07) is 3.88. The summed E-state index contributed by atoms with van der Waals surface area (Å²) in [7, 11) is 1.93. The molecular formula is C27H26F5N5O3. The van der Waals surface area contributed by atoms with Crippen LogP contribution in [-0.4, -0.2) is 53.9 Å². The van der Waals surface area contributed by atoms with E-state index in [0.717, 1.165) is 24.4 Å². The van der Waals surface area contributed by atoms with Gasteiger partial charge in [0.1, 0.15) is 17.5 Å². The Kier molecular flexibility index (Phi) is 7.96. The van der Waals surface area contributed by atoms with Gasteiger partial charge < -0.3 is 20.9 Å². The first kappa shape index (κ1) is 28.7. The van der Waals surface area contributed by atoms with Crippen molar-refractivity contribution in [1.29, 1.82) is 0 Å². The number of likely N-dealkylation sites (N-methyl/N-ethyl adjacent to an activating group) is 1. The van der Waals surface area contributed by atoms with E-state index in [0.29, 0.717) is 25.2 Å². The lowest BCUT2D eigenvalue weighted by atomic mass is 9.98. The molecule has 40 heavy (non-hydrogen) atoms.